The van der Waals surface area contributed by atoms with Crippen molar-refractivity contribution in [2.75, 3.05) is 31.9 Å². The minimum absolute atomic E-state index is 0.0300. The molecule has 5 rings (SSSR count). The molecular formula is C30H34F4N4O5S. The number of benzene rings is 2. The summed E-state index contributed by atoms with van der Waals surface area (Å²) in [6.07, 6.45) is -3.27. The van der Waals surface area contributed by atoms with Crippen LogP contribution in [0, 0.1) is 19.7 Å². The number of hydrogen-bond acceptors (Lipinski definition) is 6. The summed E-state index contributed by atoms with van der Waals surface area (Å²) in [5, 5.41) is 12.3. The van der Waals surface area contributed by atoms with Crippen LogP contribution in [0.4, 0.5) is 17.6 Å². The van der Waals surface area contributed by atoms with Crippen molar-refractivity contribution in [3.63, 3.8) is 0 Å². The second-order valence-corrected chi connectivity index (χ2v) is 13.0. The molecule has 0 saturated carbocycles. The predicted octanol–water partition coefficient (Wildman–Crippen LogP) is 3.56. The molecule has 9 nitrogen and oxygen atoms in total. The Balaban J connectivity index is 1.19. The van der Waals surface area contributed by atoms with Crippen LogP contribution >= 0.6 is 0 Å². The lowest BCUT2D eigenvalue weighted by Gasteiger charge is -2.34. The van der Waals surface area contributed by atoms with Crippen LogP contribution in [-0.2, 0) is 22.2 Å². The molecule has 2 saturated heterocycles. The summed E-state index contributed by atoms with van der Waals surface area (Å²) < 4.78 is 70.6. The lowest BCUT2D eigenvalue weighted by atomic mass is 9.89. The quantitative estimate of drug-likeness (QED) is 0.451. The maximum Gasteiger partial charge on any atom is 0.573 e. The van der Waals surface area contributed by atoms with Crippen LogP contribution in [-0.4, -0.2) is 86.1 Å². The van der Waals surface area contributed by atoms with E-state index in [9.17, 15) is 36.5 Å². The summed E-state index contributed by atoms with van der Waals surface area (Å²) in [6.45, 7) is 5.54. The number of aliphatic imine (C=N–C) groups is 1. The Bertz CT molecular complexity index is 1480. The number of aliphatic hydroxyl groups excluding tert-OH is 1. The molecule has 14 heteroatoms. The van der Waals surface area contributed by atoms with E-state index in [1.54, 1.807) is 9.21 Å². The van der Waals surface area contributed by atoms with E-state index >= 15 is 0 Å². The highest BCUT2D eigenvalue weighted by Gasteiger charge is 2.46. The molecule has 3 aliphatic heterocycles. The van der Waals surface area contributed by atoms with E-state index in [4.69, 9.17) is 0 Å². The number of carbonyl (C=O) groups excluding carboxylic acids is 2. The average molecular weight is 639 g/mol. The molecule has 1 unspecified atom stereocenters. The van der Waals surface area contributed by atoms with E-state index in [2.05, 4.69) is 15.0 Å². The fourth-order valence-corrected chi connectivity index (χ4v) is 7.21. The van der Waals surface area contributed by atoms with Gasteiger partial charge in [0.15, 0.2) is 11.6 Å². The number of likely N-dealkylation sites (tertiary alicyclic amines) is 1. The molecule has 3 aliphatic rings. The monoisotopic (exact) mass is 638 g/mol. The van der Waals surface area contributed by atoms with Crippen molar-refractivity contribution >= 4 is 28.6 Å². The van der Waals surface area contributed by atoms with Crippen LogP contribution < -0.4 is 10.1 Å². The number of halogens is 4. The van der Waals surface area contributed by atoms with Crippen molar-refractivity contribution < 1.29 is 41.2 Å². The first kappa shape index (κ1) is 32.0. The minimum atomic E-state index is -5.08. The van der Waals surface area contributed by atoms with Crippen LogP contribution in [0.25, 0.3) is 0 Å². The van der Waals surface area contributed by atoms with Gasteiger partial charge in [0.2, 0.25) is 0 Å². The van der Waals surface area contributed by atoms with Crippen LogP contribution in [0.3, 0.4) is 0 Å². The lowest BCUT2D eigenvalue weighted by Crippen LogP contribution is -2.49. The molecule has 44 heavy (non-hydrogen) atoms. The Morgan fingerprint density at radius 1 is 1.11 bits per heavy atom. The van der Waals surface area contributed by atoms with Gasteiger partial charge >= 0.3 is 6.36 Å². The zero-order valence-electron chi connectivity index (χ0n) is 24.4. The van der Waals surface area contributed by atoms with Gasteiger partial charge in [-0.15, -0.1) is 13.2 Å². The second-order valence-electron chi connectivity index (χ2n) is 11.5. The maximum atomic E-state index is 13.9. The molecule has 238 valence electrons. The molecule has 2 aromatic carbocycles. The number of hydrogen-bond donors (Lipinski definition) is 2. The number of amidine groups is 1. The summed E-state index contributed by atoms with van der Waals surface area (Å²) in [5.74, 6) is -2.31. The number of aliphatic hydroxyl groups is 1. The van der Waals surface area contributed by atoms with Crippen LogP contribution in [0.1, 0.15) is 58.3 Å². The molecule has 0 bridgehead atoms. The number of nitrogens with one attached hydrogen (secondary N) is 1. The van der Waals surface area contributed by atoms with E-state index in [-0.39, 0.29) is 36.3 Å². The van der Waals surface area contributed by atoms with Gasteiger partial charge in [-0.1, -0.05) is 0 Å². The summed E-state index contributed by atoms with van der Waals surface area (Å²) in [5.41, 5.74) is 2.42. The van der Waals surface area contributed by atoms with Crippen LogP contribution in [0.5, 0.6) is 5.75 Å². The van der Waals surface area contributed by atoms with Gasteiger partial charge in [0, 0.05) is 43.1 Å². The zero-order chi connectivity index (χ0) is 31.8. The highest BCUT2D eigenvalue weighted by Crippen LogP contribution is 2.33. The molecular weight excluding hydrogens is 604 g/mol. The highest BCUT2D eigenvalue weighted by molar-refractivity contribution is 7.82. The van der Waals surface area contributed by atoms with E-state index in [1.165, 1.54) is 6.07 Å². The van der Waals surface area contributed by atoms with Crippen molar-refractivity contribution in [3.05, 3.63) is 64.0 Å². The molecule has 2 aromatic rings. The molecule has 3 heterocycles. The largest absolute Gasteiger partial charge is 0.573 e. The van der Waals surface area contributed by atoms with Gasteiger partial charge in [0.1, 0.15) is 11.4 Å². The van der Waals surface area contributed by atoms with Crippen molar-refractivity contribution in [1.82, 2.24) is 14.5 Å². The fourth-order valence-electron chi connectivity index (χ4n) is 5.99. The average Bonchev–Trinajstić information content (AvgIpc) is 3.28. The normalized spacial score (nSPS) is 20.0. The molecule has 2 N–H and O–H groups in total. The van der Waals surface area contributed by atoms with Crippen molar-refractivity contribution in [2.24, 2.45) is 4.99 Å². The number of ether oxygens (including phenoxy) is 1. The fraction of sp³-hybridized carbons (Fsp3) is 0.500. The molecule has 2 amide bonds. The van der Waals surface area contributed by atoms with Gasteiger partial charge in [-0.2, -0.15) is 0 Å². The van der Waals surface area contributed by atoms with Crippen LogP contribution in [0.15, 0.2) is 35.3 Å². The zero-order valence-corrected chi connectivity index (χ0v) is 25.2. The van der Waals surface area contributed by atoms with Gasteiger partial charge in [0.25, 0.3) is 11.8 Å². The Morgan fingerprint density at radius 2 is 1.75 bits per heavy atom. The number of aryl methyl sites for hydroxylation is 2. The SMILES string of the molecule is Cc1cc(C(=O)N2CCC(O)CC2)cc(C)c1CCS(=O)N1CCC2(CC1)N=C(c1ccc(F)c(OC(F)(F)F)c1)NC2=O. The second kappa shape index (κ2) is 12.6. The third-order valence-electron chi connectivity index (χ3n) is 8.47. The van der Waals surface area contributed by atoms with E-state index in [1.807, 2.05) is 26.0 Å². The van der Waals surface area contributed by atoms with E-state index in [0.717, 1.165) is 28.8 Å². The minimum Gasteiger partial charge on any atom is -0.403 e. The first-order valence-electron chi connectivity index (χ1n) is 14.4. The first-order chi connectivity index (χ1) is 20.7. The topological polar surface area (TPSA) is 112 Å². The van der Waals surface area contributed by atoms with E-state index < -0.39 is 40.4 Å². The smallest absolute Gasteiger partial charge is 0.403 e. The predicted molar refractivity (Wildman–Crippen MR) is 155 cm³/mol. The van der Waals surface area contributed by atoms with Gasteiger partial charge in [0.05, 0.1) is 17.1 Å². The van der Waals surface area contributed by atoms with Crippen LogP contribution in [0.2, 0.25) is 0 Å². The van der Waals surface area contributed by atoms with Gasteiger partial charge in [-0.25, -0.2) is 12.9 Å². The number of amides is 2. The Hall–Kier alpha value is -3.36. The Morgan fingerprint density at radius 3 is 2.36 bits per heavy atom. The molecule has 1 spiro atoms. The van der Waals surface area contributed by atoms with Crippen molar-refractivity contribution in [1.29, 1.82) is 0 Å². The van der Waals surface area contributed by atoms with Crippen molar-refractivity contribution in [3.8, 4) is 5.75 Å². The van der Waals surface area contributed by atoms with Gasteiger partial charge < -0.3 is 20.1 Å². The summed E-state index contributed by atoms with van der Waals surface area (Å²) in [6, 6.07) is 6.59. The summed E-state index contributed by atoms with van der Waals surface area (Å²) >= 11 is 0. The van der Waals surface area contributed by atoms with E-state index in [0.29, 0.717) is 56.8 Å². The molecule has 0 aromatic heterocycles. The number of nitrogens with zero attached hydrogens (tertiary/aromatic N) is 3. The van der Waals surface area contributed by atoms with Gasteiger partial charge in [-0.05, 0) is 93.0 Å². The maximum absolute atomic E-state index is 13.9. The first-order valence-corrected chi connectivity index (χ1v) is 15.7. The van der Waals surface area contributed by atoms with Crippen molar-refractivity contribution in [2.45, 2.75) is 64.0 Å². The number of carbonyl (C=O) groups is 2. The number of alkyl halides is 3. The summed E-state index contributed by atoms with van der Waals surface area (Å²) in [4.78, 5) is 32.2. The number of piperidine rings is 2. The Kier molecular flexibility index (Phi) is 9.15. The molecule has 0 radical (unpaired) electrons. The summed E-state index contributed by atoms with van der Waals surface area (Å²) in [7, 11) is -1.34. The lowest BCUT2D eigenvalue weighted by molar-refractivity contribution is -0.275. The molecule has 0 aliphatic carbocycles. The number of rotatable bonds is 7. The third-order valence-corrected chi connectivity index (χ3v) is 9.96. The highest BCUT2D eigenvalue weighted by atomic mass is 32.2. The van der Waals surface area contributed by atoms with Gasteiger partial charge in [-0.3, -0.25) is 14.6 Å². The third kappa shape index (κ3) is 6.97. The standard InChI is InChI=1S/C30H34F4N4O5S/c1-18-15-21(27(40)37-10-5-22(39)6-11-37)16-19(2)23(18)7-14-44(42)38-12-8-29(9-13-38)28(41)35-26(36-29)20-3-4-24(31)25(17-20)43-30(32,33)34/h3-4,15-17,22,39H,5-14H2,1-2H3,(H,35,36,41). The molecule has 2 fully saturated rings. The Labute approximate surface area is 254 Å². The molecule has 1 atom stereocenters.